The molecular weight excluding hydrogens is 306 g/mol. The standard InChI is InChI=1S/C17H27N5O2/c1-3-4-5-6-7-8-9-10-18-15(23)12-22-13-19-16-14(17(22)24)11-20-21(16)2/h11,13H,3-10,12H2,1-2H3,(H,18,23). The van der Waals surface area contributed by atoms with Crippen molar-refractivity contribution >= 4 is 16.9 Å². The van der Waals surface area contributed by atoms with E-state index in [0.717, 1.165) is 12.8 Å². The molecular formula is C17H27N5O2. The van der Waals surface area contributed by atoms with Crippen molar-refractivity contribution in [1.82, 2.24) is 24.6 Å². The van der Waals surface area contributed by atoms with Gasteiger partial charge >= 0.3 is 0 Å². The molecule has 7 nitrogen and oxygen atoms in total. The highest BCUT2D eigenvalue weighted by atomic mass is 16.2. The van der Waals surface area contributed by atoms with E-state index in [4.69, 9.17) is 0 Å². The third kappa shape index (κ3) is 4.91. The molecule has 0 aromatic carbocycles. The number of unbranched alkanes of at least 4 members (excludes halogenated alkanes) is 6. The summed E-state index contributed by atoms with van der Waals surface area (Å²) in [6.07, 6.45) is 11.4. The zero-order chi connectivity index (χ0) is 17.4. The molecule has 2 heterocycles. The summed E-state index contributed by atoms with van der Waals surface area (Å²) in [5, 5.41) is 7.31. The topological polar surface area (TPSA) is 81.8 Å². The predicted molar refractivity (Wildman–Crippen MR) is 93.8 cm³/mol. The third-order valence-electron chi connectivity index (χ3n) is 4.13. The van der Waals surface area contributed by atoms with Gasteiger partial charge in [0.05, 0.1) is 6.20 Å². The Morgan fingerprint density at radius 1 is 1.17 bits per heavy atom. The number of carbonyl (C=O) groups is 1. The SMILES string of the molecule is CCCCCCCCCNC(=O)Cn1cnc2c(cnn2C)c1=O. The Kier molecular flexibility index (Phi) is 6.96. The van der Waals surface area contributed by atoms with E-state index in [2.05, 4.69) is 22.3 Å². The van der Waals surface area contributed by atoms with Crippen LogP contribution in [0.15, 0.2) is 17.3 Å². The summed E-state index contributed by atoms with van der Waals surface area (Å²) in [4.78, 5) is 28.4. The second-order valence-corrected chi connectivity index (χ2v) is 6.15. The Labute approximate surface area is 142 Å². The number of nitrogens with one attached hydrogen (secondary N) is 1. The number of nitrogens with zero attached hydrogens (tertiary/aromatic N) is 4. The molecule has 7 heteroatoms. The van der Waals surface area contributed by atoms with E-state index in [9.17, 15) is 9.59 Å². The van der Waals surface area contributed by atoms with Crippen LogP contribution in [0.3, 0.4) is 0 Å². The molecule has 0 aliphatic rings. The highest BCUT2D eigenvalue weighted by Crippen LogP contribution is 2.06. The van der Waals surface area contributed by atoms with Crippen LogP contribution in [-0.4, -0.2) is 31.8 Å². The van der Waals surface area contributed by atoms with Crippen LogP contribution in [0.2, 0.25) is 0 Å². The van der Waals surface area contributed by atoms with Gasteiger partial charge in [-0.1, -0.05) is 45.4 Å². The van der Waals surface area contributed by atoms with Crippen molar-refractivity contribution in [3.05, 3.63) is 22.9 Å². The van der Waals surface area contributed by atoms with E-state index >= 15 is 0 Å². The molecule has 0 atom stereocenters. The molecule has 2 aromatic rings. The van der Waals surface area contributed by atoms with Gasteiger partial charge in [0.2, 0.25) is 5.91 Å². The Balaban J connectivity index is 1.73. The van der Waals surface area contributed by atoms with Gasteiger partial charge in [0, 0.05) is 13.6 Å². The van der Waals surface area contributed by atoms with Gasteiger partial charge in [-0.3, -0.25) is 18.8 Å². The minimum absolute atomic E-state index is 0.00678. The van der Waals surface area contributed by atoms with Crippen LogP contribution in [0.4, 0.5) is 0 Å². The van der Waals surface area contributed by atoms with E-state index in [-0.39, 0.29) is 18.0 Å². The van der Waals surface area contributed by atoms with Crippen LogP contribution in [0.25, 0.3) is 11.0 Å². The summed E-state index contributed by atoms with van der Waals surface area (Å²) >= 11 is 0. The summed E-state index contributed by atoms with van der Waals surface area (Å²) < 4.78 is 2.87. The lowest BCUT2D eigenvalue weighted by atomic mass is 10.1. The molecule has 0 radical (unpaired) electrons. The van der Waals surface area contributed by atoms with Gasteiger partial charge in [0.1, 0.15) is 18.3 Å². The molecule has 0 bridgehead atoms. The van der Waals surface area contributed by atoms with Gasteiger partial charge in [-0.25, -0.2) is 4.98 Å². The van der Waals surface area contributed by atoms with Gasteiger partial charge in [-0.05, 0) is 6.42 Å². The summed E-state index contributed by atoms with van der Waals surface area (Å²) in [7, 11) is 1.73. The second kappa shape index (κ2) is 9.20. The molecule has 0 saturated heterocycles. The number of amides is 1. The van der Waals surface area contributed by atoms with Crippen LogP contribution in [0.1, 0.15) is 51.9 Å². The lowest BCUT2D eigenvalue weighted by molar-refractivity contribution is -0.121. The highest BCUT2D eigenvalue weighted by molar-refractivity contribution is 5.77. The predicted octanol–water partition coefficient (Wildman–Crippen LogP) is 2.00. The minimum atomic E-state index is -0.237. The van der Waals surface area contributed by atoms with Crippen molar-refractivity contribution in [2.75, 3.05) is 6.54 Å². The largest absolute Gasteiger partial charge is 0.355 e. The van der Waals surface area contributed by atoms with Crippen LogP contribution in [0.5, 0.6) is 0 Å². The lowest BCUT2D eigenvalue weighted by Crippen LogP contribution is -2.32. The van der Waals surface area contributed by atoms with Gasteiger partial charge in [0.25, 0.3) is 5.56 Å². The first-order valence-electron chi connectivity index (χ1n) is 8.77. The molecule has 132 valence electrons. The molecule has 24 heavy (non-hydrogen) atoms. The maximum atomic E-state index is 12.3. The number of hydrogen-bond donors (Lipinski definition) is 1. The normalized spacial score (nSPS) is 11.1. The van der Waals surface area contributed by atoms with Gasteiger partial charge in [-0.15, -0.1) is 0 Å². The molecule has 1 N–H and O–H groups in total. The van der Waals surface area contributed by atoms with Crippen molar-refractivity contribution in [3.8, 4) is 0 Å². The average molecular weight is 333 g/mol. The van der Waals surface area contributed by atoms with E-state index in [1.165, 1.54) is 49.2 Å². The van der Waals surface area contributed by atoms with Gasteiger partial charge in [-0.2, -0.15) is 5.10 Å². The fourth-order valence-electron chi connectivity index (χ4n) is 2.70. The smallest absolute Gasteiger partial charge is 0.264 e. The van der Waals surface area contributed by atoms with Crippen LogP contribution in [0, 0.1) is 0 Å². The molecule has 0 aliphatic heterocycles. The first-order valence-corrected chi connectivity index (χ1v) is 8.77. The quantitative estimate of drug-likeness (QED) is 0.674. The van der Waals surface area contributed by atoms with E-state index in [1.54, 1.807) is 11.7 Å². The molecule has 0 fully saturated rings. The maximum Gasteiger partial charge on any atom is 0.264 e. The van der Waals surface area contributed by atoms with Crippen molar-refractivity contribution in [2.24, 2.45) is 7.05 Å². The lowest BCUT2D eigenvalue weighted by Gasteiger charge is -2.07. The third-order valence-corrected chi connectivity index (χ3v) is 4.13. The molecule has 2 rings (SSSR count). The Bertz CT molecular complexity index is 719. The molecule has 2 aromatic heterocycles. The number of aromatic nitrogens is 4. The summed E-state index contributed by atoms with van der Waals surface area (Å²) in [5.41, 5.74) is 0.291. The molecule has 0 aliphatic carbocycles. The summed E-state index contributed by atoms with van der Waals surface area (Å²) in [6, 6.07) is 0. The molecule has 0 spiro atoms. The molecule has 1 amide bonds. The Morgan fingerprint density at radius 3 is 2.62 bits per heavy atom. The zero-order valence-corrected chi connectivity index (χ0v) is 14.6. The van der Waals surface area contributed by atoms with Gasteiger partial charge < -0.3 is 5.32 Å². The molecule has 0 unspecified atom stereocenters. The van der Waals surface area contributed by atoms with Crippen molar-refractivity contribution in [2.45, 2.75) is 58.4 Å². The summed E-state index contributed by atoms with van der Waals surface area (Å²) in [6.45, 7) is 2.86. The monoisotopic (exact) mass is 333 g/mol. The van der Waals surface area contributed by atoms with Crippen LogP contribution < -0.4 is 10.9 Å². The minimum Gasteiger partial charge on any atom is -0.355 e. The number of fused-ring (bicyclic) bond motifs is 1. The number of carbonyl (C=O) groups excluding carboxylic acids is 1. The first-order chi connectivity index (χ1) is 11.6. The molecule has 0 saturated carbocycles. The van der Waals surface area contributed by atoms with E-state index in [0.29, 0.717) is 17.6 Å². The Hall–Kier alpha value is -2.18. The first kappa shape index (κ1) is 18.2. The van der Waals surface area contributed by atoms with Gasteiger partial charge in [0.15, 0.2) is 5.65 Å². The zero-order valence-electron chi connectivity index (χ0n) is 14.6. The number of aryl methyl sites for hydroxylation is 1. The highest BCUT2D eigenvalue weighted by Gasteiger charge is 2.10. The van der Waals surface area contributed by atoms with Crippen LogP contribution >= 0.6 is 0 Å². The van der Waals surface area contributed by atoms with Crippen molar-refractivity contribution < 1.29 is 4.79 Å². The second-order valence-electron chi connectivity index (χ2n) is 6.15. The van der Waals surface area contributed by atoms with Crippen molar-refractivity contribution in [1.29, 1.82) is 0 Å². The number of hydrogen-bond acceptors (Lipinski definition) is 4. The van der Waals surface area contributed by atoms with E-state index in [1.807, 2.05) is 0 Å². The fourth-order valence-corrected chi connectivity index (χ4v) is 2.70. The number of rotatable bonds is 10. The maximum absolute atomic E-state index is 12.3. The van der Waals surface area contributed by atoms with Crippen molar-refractivity contribution in [3.63, 3.8) is 0 Å². The average Bonchev–Trinajstić information content (AvgIpc) is 2.94. The van der Waals surface area contributed by atoms with E-state index < -0.39 is 0 Å². The fraction of sp³-hybridized carbons (Fsp3) is 0.647. The van der Waals surface area contributed by atoms with Crippen LogP contribution in [-0.2, 0) is 18.4 Å². The Morgan fingerprint density at radius 2 is 1.88 bits per heavy atom. The summed E-state index contributed by atoms with van der Waals surface area (Å²) in [5.74, 6) is -0.159.